The Labute approximate surface area is 184 Å². The number of halogens is 1. The monoisotopic (exact) mass is 441 g/mol. The molecule has 1 aromatic heterocycles. The van der Waals surface area contributed by atoms with Gasteiger partial charge in [0.05, 0.1) is 23.9 Å². The van der Waals surface area contributed by atoms with Gasteiger partial charge in [-0.25, -0.2) is 9.37 Å². The summed E-state index contributed by atoms with van der Waals surface area (Å²) in [5.41, 5.74) is 4.05. The van der Waals surface area contributed by atoms with Gasteiger partial charge in [-0.1, -0.05) is 18.2 Å². The lowest BCUT2D eigenvalue weighted by Gasteiger charge is -2.35. The first kappa shape index (κ1) is 21.3. The number of thiazole rings is 1. The second-order valence-electron chi connectivity index (χ2n) is 7.30. The van der Waals surface area contributed by atoms with Crippen LogP contribution in [0.15, 0.2) is 53.4 Å². The summed E-state index contributed by atoms with van der Waals surface area (Å²) in [6.45, 7) is 3.63. The maximum absolute atomic E-state index is 13.9. The van der Waals surface area contributed by atoms with Crippen molar-refractivity contribution in [3.8, 4) is 11.5 Å². The third-order valence-electron chi connectivity index (χ3n) is 5.26. The molecule has 31 heavy (non-hydrogen) atoms. The smallest absolute Gasteiger partial charge is 0.257 e. The number of nitrogens with zero attached hydrogens (tertiary/aromatic N) is 3. The van der Waals surface area contributed by atoms with Crippen molar-refractivity contribution in [2.24, 2.45) is 0 Å². The van der Waals surface area contributed by atoms with Gasteiger partial charge < -0.3 is 14.4 Å². The zero-order valence-corrected chi connectivity index (χ0v) is 18.1. The molecule has 2 aromatic carbocycles. The van der Waals surface area contributed by atoms with Crippen LogP contribution in [-0.2, 0) is 13.2 Å². The average Bonchev–Trinajstić information content (AvgIpc) is 3.32. The summed E-state index contributed by atoms with van der Waals surface area (Å²) in [6, 6.07) is 12.3. The van der Waals surface area contributed by atoms with Crippen LogP contribution in [0.25, 0.3) is 0 Å². The van der Waals surface area contributed by atoms with Gasteiger partial charge in [-0.3, -0.25) is 9.69 Å². The number of hydrogen-bond acceptors (Lipinski definition) is 6. The van der Waals surface area contributed by atoms with Crippen LogP contribution in [0.1, 0.15) is 21.6 Å². The van der Waals surface area contributed by atoms with Gasteiger partial charge in [0.1, 0.15) is 12.4 Å². The lowest BCUT2D eigenvalue weighted by atomic mass is 10.1. The van der Waals surface area contributed by atoms with Gasteiger partial charge in [-0.2, -0.15) is 0 Å². The lowest BCUT2D eigenvalue weighted by Crippen LogP contribution is -2.48. The molecule has 1 saturated heterocycles. The van der Waals surface area contributed by atoms with Crippen molar-refractivity contribution in [1.82, 2.24) is 14.8 Å². The first-order valence-electron chi connectivity index (χ1n) is 10.1. The fourth-order valence-corrected chi connectivity index (χ4v) is 4.12. The molecule has 2 heterocycles. The van der Waals surface area contributed by atoms with Crippen LogP contribution in [0.5, 0.6) is 11.5 Å². The lowest BCUT2D eigenvalue weighted by molar-refractivity contribution is 0.0623. The number of piperazine rings is 1. The highest BCUT2D eigenvalue weighted by molar-refractivity contribution is 7.07. The van der Waals surface area contributed by atoms with Gasteiger partial charge in [-0.15, -0.1) is 11.3 Å². The van der Waals surface area contributed by atoms with Crippen LogP contribution in [0.2, 0.25) is 0 Å². The molecule has 1 fully saturated rings. The van der Waals surface area contributed by atoms with Gasteiger partial charge in [0.2, 0.25) is 0 Å². The summed E-state index contributed by atoms with van der Waals surface area (Å²) in [6.07, 6.45) is 0. The summed E-state index contributed by atoms with van der Waals surface area (Å²) < 4.78 is 24.8. The number of ether oxygens (including phenoxy) is 2. The SMILES string of the molecule is COc1ccc(CN2CCN(C(=O)c3ccccc3OCc3cscn3)CC2)cc1F. The first-order chi connectivity index (χ1) is 15.1. The van der Waals surface area contributed by atoms with Crippen molar-refractivity contribution in [1.29, 1.82) is 0 Å². The second kappa shape index (κ2) is 9.89. The van der Waals surface area contributed by atoms with Crippen LogP contribution < -0.4 is 9.47 Å². The number of para-hydroxylation sites is 1. The molecule has 1 aliphatic heterocycles. The van der Waals surface area contributed by atoms with Crippen molar-refractivity contribution in [2.75, 3.05) is 33.3 Å². The van der Waals surface area contributed by atoms with E-state index >= 15 is 0 Å². The molecular weight excluding hydrogens is 417 g/mol. The van der Waals surface area contributed by atoms with E-state index in [4.69, 9.17) is 9.47 Å². The Morgan fingerprint density at radius 1 is 1.13 bits per heavy atom. The standard InChI is InChI=1S/C23H24FN3O3S/c1-29-22-7-6-17(12-20(22)24)13-26-8-10-27(11-9-26)23(28)19-4-2-3-5-21(19)30-14-18-15-31-16-25-18/h2-7,12,15-16H,8-11,13-14H2,1H3. The number of carbonyl (C=O) groups excluding carboxylic acids is 1. The maximum Gasteiger partial charge on any atom is 0.257 e. The fourth-order valence-electron chi connectivity index (χ4n) is 3.58. The molecule has 3 aromatic rings. The van der Waals surface area contributed by atoms with Gasteiger partial charge in [0.25, 0.3) is 5.91 Å². The zero-order valence-electron chi connectivity index (χ0n) is 17.3. The molecule has 6 nitrogen and oxygen atoms in total. The molecule has 1 aliphatic rings. The molecule has 0 spiro atoms. The van der Waals surface area contributed by atoms with E-state index in [-0.39, 0.29) is 17.5 Å². The predicted octanol–water partition coefficient (Wildman–Crippen LogP) is 3.83. The predicted molar refractivity (Wildman–Crippen MR) is 117 cm³/mol. The fraction of sp³-hybridized carbons (Fsp3) is 0.304. The number of methoxy groups -OCH3 is 1. The highest BCUT2D eigenvalue weighted by Crippen LogP contribution is 2.23. The molecule has 8 heteroatoms. The van der Waals surface area contributed by atoms with E-state index in [1.165, 1.54) is 24.5 Å². The van der Waals surface area contributed by atoms with Gasteiger partial charge >= 0.3 is 0 Å². The van der Waals surface area contributed by atoms with E-state index in [1.54, 1.807) is 17.6 Å². The zero-order chi connectivity index (χ0) is 21.6. The summed E-state index contributed by atoms with van der Waals surface area (Å²) in [5.74, 6) is 0.415. The van der Waals surface area contributed by atoms with E-state index < -0.39 is 0 Å². The molecule has 0 bridgehead atoms. The summed E-state index contributed by atoms with van der Waals surface area (Å²) >= 11 is 1.51. The normalized spacial score (nSPS) is 14.5. The van der Waals surface area contributed by atoms with E-state index in [9.17, 15) is 9.18 Å². The number of rotatable bonds is 7. The van der Waals surface area contributed by atoms with Crippen molar-refractivity contribution < 1.29 is 18.7 Å². The van der Waals surface area contributed by atoms with Gasteiger partial charge in [0, 0.05) is 38.1 Å². The van der Waals surface area contributed by atoms with Crippen molar-refractivity contribution in [3.63, 3.8) is 0 Å². The minimum absolute atomic E-state index is 0.0379. The van der Waals surface area contributed by atoms with Crippen LogP contribution in [0, 0.1) is 5.82 Å². The minimum Gasteiger partial charge on any atom is -0.494 e. The molecule has 0 radical (unpaired) electrons. The number of amides is 1. The van der Waals surface area contributed by atoms with Crippen molar-refractivity contribution >= 4 is 17.2 Å². The van der Waals surface area contributed by atoms with E-state index in [1.807, 2.05) is 34.5 Å². The Kier molecular flexibility index (Phi) is 6.79. The molecule has 0 aliphatic carbocycles. The average molecular weight is 442 g/mol. The topological polar surface area (TPSA) is 54.9 Å². The molecule has 0 unspecified atom stereocenters. The summed E-state index contributed by atoms with van der Waals surface area (Å²) in [5, 5.41) is 1.93. The number of benzene rings is 2. The summed E-state index contributed by atoms with van der Waals surface area (Å²) in [4.78, 5) is 21.4. The van der Waals surface area contributed by atoms with E-state index in [0.717, 1.165) is 24.3 Å². The Hall–Kier alpha value is -2.97. The summed E-state index contributed by atoms with van der Waals surface area (Å²) in [7, 11) is 1.45. The van der Waals surface area contributed by atoms with Crippen molar-refractivity contribution in [2.45, 2.75) is 13.2 Å². The second-order valence-corrected chi connectivity index (χ2v) is 8.02. The Morgan fingerprint density at radius 3 is 2.65 bits per heavy atom. The van der Waals surface area contributed by atoms with Crippen LogP contribution >= 0.6 is 11.3 Å². The highest BCUT2D eigenvalue weighted by atomic mass is 32.1. The number of carbonyl (C=O) groups is 1. The molecule has 1 amide bonds. The van der Waals surface area contributed by atoms with Crippen LogP contribution in [0.4, 0.5) is 4.39 Å². The van der Waals surface area contributed by atoms with Gasteiger partial charge in [0.15, 0.2) is 11.6 Å². The number of hydrogen-bond donors (Lipinski definition) is 0. The highest BCUT2D eigenvalue weighted by Gasteiger charge is 2.24. The van der Waals surface area contributed by atoms with E-state index in [2.05, 4.69) is 9.88 Å². The Balaban J connectivity index is 1.34. The quantitative estimate of drug-likeness (QED) is 0.558. The molecule has 162 valence electrons. The first-order valence-corrected chi connectivity index (χ1v) is 11.0. The third kappa shape index (κ3) is 5.21. The molecule has 0 N–H and O–H groups in total. The number of aromatic nitrogens is 1. The Bertz CT molecular complexity index is 1020. The minimum atomic E-state index is -0.358. The van der Waals surface area contributed by atoms with Gasteiger partial charge in [-0.05, 0) is 29.8 Å². The Morgan fingerprint density at radius 2 is 1.94 bits per heavy atom. The largest absolute Gasteiger partial charge is 0.494 e. The van der Waals surface area contributed by atoms with Crippen molar-refractivity contribution in [3.05, 3.63) is 76.0 Å². The van der Waals surface area contributed by atoms with E-state index in [0.29, 0.717) is 37.6 Å². The maximum atomic E-state index is 13.9. The molecular formula is C23H24FN3O3S. The molecule has 0 saturated carbocycles. The molecule has 4 rings (SSSR count). The molecule has 0 atom stereocenters. The van der Waals surface area contributed by atoms with Crippen LogP contribution in [0.3, 0.4) is 0 Å². The third-order valence-corrected chi connectivity index (χ3v) is 5.89. The van der Waals surface area contributed by atoms with Crippen LogP contribution in [-0.4, -0.2) is 54.0 Å².